The van der Waals surface area contributed by atoms with E-state index in [4.69, 9.17) is 10.5 Å². The number of anilines is 1. The van der Waals surface area contributed by atoms with Gasteiger partial charge in [0.1, 0.15) is 0 Å². The highest BCUT2D eigenvalue weighted by Gasteiger charge is 2.34. The number of nitrogen functional groups attached to an aromatic ring is 1. The van der Waals surface area contributed by atoms with Crippen LogP contribution in [0.2, 0.25) is 0 Å². The fraction of sp³-hybridized carbons (Fsp3) is 0.400. The van der Waals surface area contributed by atoms with Gasteiger partial charge in [0, 0.05) is 0 Å². The molecule has 0 atom stereocenters. The molecular weight excluding hydrogens is 223 g/mol. The van der Waals surface area contributed by atoms with E-state index in [0.717, 1.165) is 12.8 Å². The van der Waals surface area contributed by atoms with Crippen molar-refractivity contribution in [2.75, 3.05) is 5.73 Å². The Balaban J connectivity index is 2.24. The topological polar surface area (TPSA) is 44.5 Å². The summed E-state index contributed by atoms with van der Waals surface area (Å²) in [6.45, 7) is 0. The van der Waals surface area contributed by atoms with E-state index in [0.29, 0.717) is 0 Å². The molecule has 1 saturated carbocycles. The van der Waals surface area contributed by atoms with E-state index in [1.165, 1.54) is 18.2 Å². The summed E-state index contributed by atoms with van der Waals surface area (Å²) in [4.78, 5) is 0. The molecule has 1 aliphatic rings. The van der Waals surface area contributed by atoms with Crippen molar-refractivity contribution in [3.05, 3.63) is 18.2 Å². The van der Waals surface area contributed by atoms with Gasteiger partial charge in [-0.2, -0.15) is 0 Å². The minimum absolute atomic E-state index is 0.0256. The van der Waals surface area contributed by atoms with Gasteiger partial charge in [-0.3, -0.25) is 0 Å². The van der Waals surface area contributed by atoms with Gasteiger partial charge in [-0.05, 0) is 25.0 Å². The minimum Gasteiger partial charge on any atom is -0.484 e. The quantitative estimate of drug-likeness (QED) is 0.816. The molecule has 0 bridgehead atoms. The van der Waals surface area contributed by atoms with Gasteiger partial charge in [0.25, 0.3) is 0 Å². The van der Waals surface area contributed by atoms with E-state index in [-0.39, 0.29) is 23.3 Å². The molecule has 0 saturated heterocycles. The van der Waals surface area contributed by atoms with E-state index in [2.05, 4.69) is 4.74 Å². The van der Waals surface area contributed by atoms with Crippen LogP contribution in [0.3, 0.4) is 0 Å². The molecule has 88 valence electrons. The van der Waals surface area contributed by atoms with Crippen molar-refractivity contribution in [3.63, 3.8) is 0 Å². The molecule has 1 fully saturated rings. The third-order valence-electron chi connectivity index (χ3n) is 2.04. The number of nitrogens with two attached hydrogens (primary N) is 1. The normalized spacial score (nSPS) is 15.9. The molecule has 0 radical (unpaired) electrons. The Morgan fingerprint density at radius 3 is 2.50 bits per heavy atom. The third-order valence-corrected chi connectivity index (χ3v) is 2.04. The number of rotatable bonds is 3. The monoisotopic (exact) mass is 233 g/mol. The summed E-state index contributed by atoms with van der Waals surface area (Å²) >= 11 is 0. The Kier molecular flexibility index (Phi) is 2.57. The highest BCUT2D eigenvalue weighted by molar-refractivity contribution is 5.60. The number of para-hydroxylation sites is 1. The molecule has 0 spiro atoms. The Morgan fingerprint density at radius 2 is 1.94 bits per heavy atom. The predicted molar refractivity (Wildman–Crippen MR) is 51.2 cm³/mol. The Bertz CT molecular complexity index is 388. The van der Waals surface area contributed by atoms with Crippen LogP contribution >= 0.6 is 0 Å². The van der Waals surface area contributed by atoms with Crippen LogP contribution in [0.5, 0.6) is 11.5 Å². The smallest absolute Gasteiger partial charge is 0.484 e. The van der Waals surface area contributed by atoms with Crippen LogP contribution in [0.4, 0.5) is 18.9 Å². The molecule has 2 N–H and O–H groups in total. The molecule has 2 rings (SSSR count). The highest BCUT2D eigenvalue weighted by Crippen LogP contribution is 2.40. The number of benzene rings is 1. The molecule has 1 aliphatic carbocycles. The van der Waals surface area contributed by atoms with Crippen LogP contribution in [0.1, 0.15) is 12.8 Å². The van der Waals surface area contributed by atoms with E-state index < -0.39 is 6.36 Å². The van der Waals surface area contributed by atoms with Crippen LogP contribution in [-0.4, -0.2) is 12.5 Å². The zero-order valence-corrected chi connectivity index (χ0v) is 8.25. The van der Waals surface area contributed by atoms with Crippen molar-refractivity contribution < 1.29 is 22.6 Å². The lowest BCUT2D eigenvalue weighted by atomic mass is 10.3. The Hall–Kier alpha value is -1.59. The van der Waals surface area contributed by atoms with Gasteiger partial charge in [0.2, 0.25) is 0 Å². The number of alkyl halides is 3. The lowest BCUT2D eigenvalue weighted by Gasteiger charge is -2.15. The SMILES string of the molecule is Nc1cccc(OC(F)(F)F)c1OC1CC1. The van der Waals surface area contributed by atoms with Crippen molar-refractivity contribution in [2.45, 2.75) is 25.3 Å². The van der Waals surface area contributed by atoms with Crippen molar-refractivity contribution in [1.29, 1.82) is 0 Å². The average molecular weight is 233 g/mol. The van der Waals surface area contributed by atoms with Crippen LogP contribution in [0.15, 0.2) is 18.2 Å². The van der Waals surface area contributed by atoms with Gasteiger partial charge >= 0.3 is 6.36 Å². The zero-order valence-electron chi connectivity index (χ0n) is 8.25. The van der Waals surface area contributed by atoms with Gasteiger partial charge in [0.15, 0.2) is 11.5 Å². The summed E-state index contributed by atoms with van der Waals surface area (Å²) in [5.74, 6) is -0.415. The van der Waals surface area contributed by atoms with Gasteiger partial charge in [-0.1, -0.05) is 6.07 Å². The first-order chi connectivity index (χ1) is 7.46. The number of hydrogen-bond donors (Lipinski definition) is 1. The molecule has 1 aromatic rings. The second-order valence-corrected chi connectivity index (χ2v) is 3.54. The summed E-state index contributed by atoms with van der Waals surface area (Å²) in [7, 11) is 0. The molecule has 0 heterocycles. The lowest BCUT2D eigenvalue weighted by molar-refractivity contribution is -0.275. The number of ether oxygens (including phenoxy) is 2. The van der Waals surface area contributed by atoms with E-state index in [9.17, 15) is 13.2 Å². The third kappa shape index (κ3) is 2.71. The van der Waals surface area contributed by atoms with Crippen LogP contribution in [-0.2, 0) is 0 Å². The van der Waals surface area contributed by atoms with Gasteiger partial charge in [0.05, 0.1) is 11.8 Å². The fourth-order valence-electron chi connectivity index (χ4n) is 1.22. The zero-order chi connectivity index (χ0) is 11.8. The first-order valence-corrected chi connectivity index (χ1v) is 4.76. The molecule has 0 amide bonds. The largest absolute Gasteiger partial charge is 0.573 e. The standard InChI is InChI=1S/C10H10F3NO2/c11-10(12,13)16-8-3-1-2-7(14)9(8)15-6-4-5-6/h1-3,6H,4-5,14H2. The van der Waals surface area contributed by atoms with Crippen LogP contribution < -0.4 is 15.2 Å². The maximum absolute atomic E-state index is 12.1. The van der Waals surface area contributed by atoms with Gasteiger partial charge in [-0.15, -0.1) is 13.2 Å². The summed E-state index contributed by atoms with van der Waals surface area (Å²) in [6, 6.07) is 4.04. The van der Waals surface area contributed by atoms with Crippen molar-refractivity contribution in [2.24, 2.45) is 0 Å². The molecule has 0 aliphatic heterocycles. The predicted octanol–water partition coefficient (Wildman–Crippen LogP) is 2.71. The minimum atomic E-state index is -4.74. The molecule has 0 aromatic heterocycles. The van der Waals surface area contributed by atoms with Gasteiger partial charge in [-0.25, -0.2) is 0 Å². The highest BCUT2D eigenvalue weighted by atomic mass is 19.4. The summed E-state index contributed by atoms with van der Waals surface area (Å²) in [5, 5.41) is 0. The molecule has 6 heteroatoms. The lowest BCUT2D eigenvalue weighted by Crippen LogP contribution is -2.18. The summed E-state index contributed by atoms with van der Waals surface area (Å²) < 4.78 is 45.4. The first-order valence-electron chi connectivity index (χ1n) is 4.76. The first kappa shape index (κ1) is 10.9. The average Bonchev–Trinajstić information content (AvgIpc) is 2.92. The Labute approximate surface area is 89.9 Å². The van der Waals surface area contributed by atoms with Gasteiger partial charge < -0.3 is 15.2 Å². The summed E-state index contributed by atoms with van der Waals surface area (Å²) in [5.41, 5.74) is 5.69. The second kappa shape index (κ2) is 3.77. The fourth-order valence-corrected chi connectivity index (χ4v) is 1.22. The second-order valence-electron chi connectivity index (χ2n) is 3.54. The van der Waals surface area contributed by atoms with Crippen molar-refractivity contribution in [1.82, 2.24) is 0 Å². The maximum atomic E-state index is 12.1. The maximum Gasteiger partial charge on any atom is 0.573 e. The Morgan fingerprint density at radius 1 is 1.25 bits per heavy atom. The molecule has 3 nitrogen and oxygen atoms in total. The van der Waals surface area contributed by atoms with E-state index in [1.54, 1.807) is 0 Å². The molecule has 16 heavy (non-hydrogen) atoms. The van der Waals surface area contributed by atoms with Crippen LogP contribution in [0, 0.1) is 0 Å². The number of halogens is 3. The molecule has 0 unspecified atom stereocenters. The number of hydrogen-bond acceptors (Lipinski definition) is 3. The molecular formula is C10H10F3NO2. The molecule has 1 aromatic carbocycles. The summed E-state index contributed by atoms with van der Waals surface area (Å²) in [6.07, 6.45) is -3.12. The van der Waals surface area contributed by atoms with Crippen LogP contribution in [0.25, 0.3) is 0 Å². The van der Waals surface area contributed by atoms with E-state index in [1.807, 2.05) is 0 Å². The van der Waals surface area contributed by atoms with Crippen molar-refractivity contribution in [3.8, 4) is 11.5 Å². The van der Waals surface area contributed by atoms with E-state index >= 15 is 0 Å². The van der Waals surface area contributed by atoms with Crippen molar-refractivity contribution >= 4 is 5.69 Å².